The van der Waals surface area contributed by atoms with E-state index in [9.17, 15) is 4.79 Å². The van der Waals surface area contributed by atoms with Crippen molar-refractivity contribution < 1.29 is 14.3 Å². The summed E-state index contributed by atoms with van der Waals surface area (Å²) in [6.45, 7) is 8.46. The van der Waals surface area contributed by atoms with Crippen LogP contribution in [-0.4, -0.2) is 33.5 Å². The van der Waals surface area contributed by atoms with Gasteiger partial charge in [0, 0.05) is 17.1 Å². The zero-order valence-electron chi connectivity index (χ0n) is 24.3. The van der Waals surface area contributed by atoms with Gasteiger partial charge in [-0.25, -0.2) is 4.68 Å². The molecule has 0 spiro atoms. The van der Waals surface area contributed by atoms with E-state index < -0.39 is 6.04 Å². The third-order valence-corrected chi connectivity index (χ3v) is 8.62. The molecule has 1 unspecified atom stereocenters. The van der Waals surface area contributed by atoms with Crippen molar-refractivity contribution in [3.05, 3.63) is 98.7 Å². The third-order valence-electron chi connectivity index (χ3n) is 6.99. The van der Waals surface area contributed by atoms with Crippen molar-refractivity contribution in [2.75, 3.05) is 23.5 Å². The van der Waals surface area contributed by atoms with Gasteiger partial charge >= 0.3 is 0 Å². The number of aryl methyl sites for hydroxylation is 2. The first kappa shape index (κ1) is 29.7. The number of nitrogens with one attached hydrogen (secondary N) is 2. The number of halogens is 1. The highest BCUT2D eigenvalue weighted by molar-refractivity contribution is 9.10. The van der Waals surface area contributed by atoms with Crippen LogP contribution in [-0.2, 0) is 11.4 Å². The molecule has 1 aliphatic heterocycles. The Kier molecular flexibility index (Phi) is 9.23. The minimum atomic E-state index is -0.565. The number of methoxy groups -OCH3 is 1. The number of thioether (sulfide) groups is 1. The molecule has 10 heteroatoms. The quantitative estimate of drug-likeness (QED) is 0.171. The Labute approximate surface area is 259 Å². The molecule has 0 aliphatic carbocycles. The molecular weight excluding hydrogens is 614 g/mol. The number of rotatable bonds is 10. The number of anilines is 2. The summed E-state index contributed by atoms with van der Waals surface area (Å²) < 4.78 is 14.6. The minimum Gasteiger partial charge on any atom is -0.493 e. The summed E-state index contributed by atoms with van der Waals surface area (Å²) in [5, 5.41) is 11.9. The molecule has 2 N–H and O–H groups in total. The lowest BCUT2D eigenvalue weighted by molar-refractivity contribution is -0.113. The number of amides is 1. The second-order valence-corrected chi connectivity index (χ2v) is 12.1. The first-order chi connectivity index (χ1) is 20.3. The first-order valence-corrected chi connectivity index (χ1v) is 15.6. The number of hydrogen-bond acceptors (Lipinski definition) is 7. The molecule has 0 fully saturated rings. The molecule has 0 saturated heterocycles. The molecule has 1 aromatic heterocycles. The highest BCUT2D eigenvalue weighted by atomic mass is 79.9. The standard InChI is InChI=1S/C32H34BrN5O3S/c1-6-14-42-32-36-31-34-21(4)27(30(39)35-24-13-9-10-19(2)15-24)28(38(31)37-32)23-16-25(33)29(26(17-23)40-5)41-18-22-12-8-7-11-20(22)3/h7-13,15-17,28H,6,14,18H2,1-5H3,(H,35,39)(H,34,36,37). The average Bonchev–Trinajstić information content (AvgIpc) is 3.37. The third kappa shape index (κ3) is 6.34. The van der Waals surface area contributed by atoms with E-state index in [1.165, 1.54) is 0 Å². The van der Waals surface area contributed by atoms with Crippen LogP contribution in [0.4, 0.5) is 11.6 Å². The van der Waals surface area contributed by atoms with Gasteiger partial charge in [-0.15, -0.1) is 5.10 Å². The van der Waals surface area contributed by atoms with Crippen LogP contribution in [0.3, 0.4) is 0 Å². The van der Waals surface area contributed by atoms with Gasteiger partial charge in [0.15, 0.2) is 11.5 Å². The zero-order valence-corrected chi connectivity index (χ0v) is 26.7. The summed E-state index contributed by atoms with van der Waals surface area (Å²) in [5.74, 6) is 2.38. The maximum Gasteiger partial charge on any atom is 0.255 e. The van der Waals surface area contributed by atoms with Gasteiger partial charge in [0.2, 0.25) is 11.1 Å². The van der Waals surface area contributed by atoms with E-state index in [-0.39, 0.29) is 5.91 Å². The van der Waals surface area contributed by atoms with Gasteiger partial charge < -0.3 is 20.1 Å². The van der Waals surface area contributed by atoms with Crippen molar-refractivity contribution in [1.82, 2.24) is 14.8 Å². The highest BCUT2D eigenvalue weighted by Gasteiger charge is 2.35. The Balaban J connectivity index is 1.56. The van der Waals surface area contributed by atoms with E-state index >= 15 is 0 Å². The molecule has 42 heavy (non-hydrogen) atoms. The van der Waals surface area contributed by atoms with Gasteiger partial charge in [0.05, 0.1) is 17.2 Å². The second-order valence-electron chi connectivity index (χ2n) is 10.2. The molecule has 0 bridgehead atoms. The molecule has 8 nitrogen and oxygen atoms in total. The van der Waals surface area contributed by atoms with Crippen molar-refractivity contribution in [2.45, 2.75) is 51.9 Å². The van der Waals surface area contributed by atoms with Crippen LogP contribution in [0.1, 0.15) is 48.6 Å². The van der Waals surface area contributed by atoms with Gasteiger partial charge in [-0.1, -0.05) is 55.1 Å². The van der Waals surface area contributed by atoms with E-state index in [1.54, 1.807) is 23.6 Å². The summed E-state index contributed by atoms with van der Waals surface area (Å²) in [4.78, 5) is 18.6. The largest absolute Gasteiger partial charge is 0.493 e. The molecule has 5 rings (SSSR count). The number of benzene rings is 3. The van der Waals surface area contributed by atoms with E-state index in [0.29, 0.717) is 45.0 Å². The number of ether oxygens (including phenoxy) is 2. The fourth-order valence-electron chi connectivity index (χ4n) is 4.87. The molecule has 0 saturated carbocycles. The van der Waals surface area contributed by atoms with Crippen LogP contribution in [0.15, 0.2) is 81.6 Å². The molecule has 218 valence electrons. The number of aromatic nitrogens is 3. The number of carbonyl (C=O) groups excluding carboxylic acids is 1. The molecule has 1 aliphatic rings. The van der Waals surface area contributed by atoms with Crippen molar-refractivity contribution in [2.24, 2.45) is 0 Å². The Morgan fingerprint density at radius 2 is 1.93 bits per heavy atom. The number of nitrogens with zero attached hydrogens (tertiary/aromatic N) is 3. The lowest BCUT2D eigenvalue weighted by atomic mass is 9.94. The summed E-state index contributed by atoms with van der Waals surface area (Å²) in [7, 11) is 1.61. The van der Waals surface area contributed by atoms with Gasteiger partial charge in [0.25, 0.3) is 5.91 Å². The van der Waals surface area contributed by atoms with Crippen LogP contribution >= 0.6 is 27.7 Å². The van der Waals surface area contributed by atoms with E-state index in [2.05, 4.69) is 46.5 Å². The van der Waals surface area contributed by atoms with Crippen LogP contribution in [0.2, 0.25) is 0 Å². The maximum absolute atomic E-state index is 13.9. The number of carbonyl (C=O) groups is 1. The maximum atomic E-state index is 13.9. The molecule has 0 radical (unpaired) electrons. The Morgan fingerprint density at radius 1 is 1.12 bits per heavy atom. The van der Waals surface area contributed by atoms with Crippen LogP contribution in [0, 0.1) is 13.8 Å². The molecule has 1 atom stereocenters. The van der Waals surface area contributed by atoms with E-state index in [4.69, 9.17) is 19.6 Å². The van der Waals surface area contributed by atoms with Gasteiger partial charge in [-0.3, -0.25) is 4.79 Å². The Bertz CT molecular complexity index is 1650. The van der Waals surface area contributed by atoms with Crippen molar-refractivity contribution >= 4 is 45.2 Å². The van der Waals surface area contributed by atoms with Gasteiger partial charge in [-0.2, -0.15) is 4.98 Å². The number of allylic oxidation sites excluding steroid dienone is 1. The number of hydrogen-bond donors (Lipinski definition) is 2. The minimum absolute atomic E-state index is 0.227. The van der Waals surface area contributed by atoms with Gasteiger partial charge in [0.1, 0.15) is 12.6 Å². The fraction of sp³-hybridized carbons (Fsp3) is 0.281. The highest BCUT2D eigenvalue weighted by Crippen LogP contribution is 2.43. The Hall–Kier alpha value is -3.76. The lowest BCUT2D eigenvalue weighted by Crippen LogP contribution is -2.31. The monoisotopic (exact) mass is 647 g/mol. The summed E-state index contributed by atoms with van der Waals surface area (Å²) in [6.07, 6.45) is 1.00. The molecule has 3 aromatic carbocycles. The first-order valence-electron chi connectivity index (χ1n) is 13.8. The SMILES string of the molecule is CCCSc1nc2n(n1)C(c1cc(Br)c(OCc3ccccc3C)c(OC)c1)C(C(=O)Nc1cccc(C)c1)=C(C)N2. The average molecular weight is 649 g/mol. The normalized spacial score (nSPS) is 14.3. The predicted octanol–water partition coefficient (Wildman–Crippen LogP) is 7.67. The second kappa shape index (κ2) is 13.0. The van der Waals surface area contributed by atoms with Crippen LogP contribution in [0.5, 0.6) is 11.5 Å². The molecule has 2 heterocycles. The van der Waals surface area contributed by atoms with Crippen molar-refractivity contribution in [3.63, 3.8) is 0 Å². The lowest BCUT2D eigenvalue weighted by Gasteiger charge is -2.29. The van der Waals surface area contributed by atoms with E-state index in [1.807, 2.05) is 68.4 Å². The summed E-state index contributed by atoms with van der Waals surface area (Å²) in [6, 6.07) is 19.2. The number of fused-ring (bicyclic) bond motifs is 1. The fourth-order valence-corrected chi connectivity index (χ4v) is 6.13. The molecule has 4 aromatic rings. The topological polar surface area (TPSA) is 90.3 Å². The smallest absolute Gasteiger partial charge is 0.255 e. The molecule has 1 amide bonds. The van der Waals surface area contributed by atoms with Crippen LogP contribution in [0.25, 0.3) is 0 Å². The predicted molar refractivity (Wildman–Crippen MR) is 172 cm³/mol. The summed E-state index contributed by atoms with van der Waals surface area (Å²) >= 11 is 5.31. The van der Waals surface area contributed by atoms with Crippen LogP contribution < -0.4 is 20.1 Å². The van der Waals surface area contributed by atoms with Crippen molar-refractivity contribution in [1.29, 1.82) is 0 Å². The van der Waals surface area contributed by atoms with E-state index in [0.717, 1.165) is 40.1 Å². The van der Waals surface area contributed by atoms with Gasteiger partial charge in [-0.05, 0) is 89.6 Å². The zero-order chi connectivity index (χ0) is 29.8. The summed E-state index contributed by atoms with van der Waals surface area (Å²) in [5.41, 5.74) is 6.06. The van der Waals surface area contributed by atoms with Crippen molar-refractivity contribution in [3.8, 4) is 11.5 Å². The molecular formula is C32H34BrN5O3S. The Morgan fingerprint density at radius 3 is 2.67 bits per heavy atom.